The molecule has 1 aromatic carbocycles. The molecule has 0 atom stereocenters. The SMILES string of the molecule is CC(C)(C)c1csc(-n2c3nc(Nc4ccc5c(c4)CCNC5(C)C)ncc3c(=O)n2C2CC2)n1. The van der Waals surface area contributed by atoms with Gasteiger partial charge in [0, 0.05) is 28.2 Å². The van der Waals surface area contributed by atoms with Gasteiger partial charge in [-0.3, -0.25) is 4.79 Å². The Bertz CT molecular complexity index is 1500. The molecule has 1 aliphatic carbocycles. The molecule has 8 nitrogen and oxygen atoms in total. The average molecular weight is 490 g/mol. The van der Waals surface area contributed by atoms with Gasteiger partial charge in [0.1, 0.15) is 5.39 Å². The second-order valence-electron chi connectivity index (χ2n) is 11.2. The van der Waals surface area contributed by atoms with Gasteiger partial charge in [-0.05, 0) is 62.9 Å². The number of anilines is 2. The van der Waals surface area contributed by atoms with Gasteiger partial charge < -0.3 is 10.6 Å². The van der Waals surface area contributed by atoms with Gasteiger partial charge in [0.05, 0.1) is 11.7 Å². The number of nitrogens with zero attached hydrogens (tertiary/aromatic N) is 5. The highest BCUT2D eigenvalue weighted by atomic mass is 32.1. The molecule has 0 spiro atoms. The number of hydrogen-bond acceptors (Lipinski definition) is 7. The molecular weight excluding hydrogens is 458 g/mol. The van der Waals surface area contributed by atoms with Crippen LogP contribution in [-0.4, -0.2) is 30.9 Å². The van der Waals surface area contributed by atoms with Crippen LogP contribution in [0.25, 0.3) is 16.2 Å². The summed E-state index contributed by atoms with van der Waals surface area (Å²) in [5, 5.41) is 10.3. The highest BCUT2D eigenvalue weighted by Crippen LogP contribution is 2.37. The molecular formula is C26H31N7OS. The lowest BCUT2D eigenvalue weighted by molar-refractivity contribution is 0.382. The van der Waals surface area contributed by atoms with Crippen LogP contribution in [0, 0.1) is 0 Å². The van der Waals surface area contributed by atoms with Gasteiger partial charge in [-0.25, -0.2) is 19.3 Å². The number of fused-ring (bicyclic) bond motifs is 2. The van der Waals surface area contributed by atoms with E-state index in [1.54, 1.807) is 17.5 Å². The number of aromatic nitrogens is 5. The Hall–Kier alpha value is -3.04. The van der Waals surface area contributed by atoms with Crippen molar-refractivity contribution in [2.45, 2.75) is 70.9 Å². The second kappa shape index (κ2) is 7.73. The van der Waals surface area contributed by atoms with Crippen LogP contribution in [0.3, 0.4) is 0 Å². The number of hydrogen-bond donors (Lipinski definition) is 2. The molecule has 2 N–H and O–H groups in total. The summed E-state index contributed by atoms with van der Waals surface area (Å²) < 4.78 is 3.73. The highest BCUT2D eigenvalue weighted by molar-refractivity contribution is 7.12. The summed E-state index contributed by atoms with van der Waals surface area (Å²) in [5.74, 6) is 0.472. The maximum Gasteiger partial charge on any atom is 0.278 e. The van der Waals surface area contributed by atoms with Crippen molar-refractivity contribution in [3.8, 4) is 5.13 Å². The molecule has 1 fully saturated rings. The molecule has 0 radical (unpaired) electrons. The Morgan fingerprint density at radius 3 is 2.71 bits per heavy atom. The average Bonchev–Trinajstić information content (AvgIpc) is 3.42. The first-order valence-corrected chi connectivity index (χ1v) is 13.1. The van der Waals surface area contributed by atoms with Gasteiger partial charge in [0.2, 0.25) is 11.1 Å². The molecule has 2 aliphatic rings. The minimum absolute atomic E-state index is 0.0388. The van der Waals surface area contributed by atoms with Crippen LogP contribution in [-0.2, 0) is 17.4 Å². The first-order valence-electron chi connectivity index (χ1n) is 12.2. The van der Waals surface area contributed by atoms with E-state index in [1.807, 2.05) is 9.36 Å². The Morgan fingerprint density at radius 1 is 1.20 bits per heavy atom. The van der Waals surface area contributed by atoms with Crippen LogP contribution in [0.5, 0.6) is 0 Å². The van der Waals surface area contributed by atoms with E-state index in [0.717, 1.165) is 42.3 Å². The Balaban J connectivity index is 1.43. The normalized spacial score (nSPS) is 17.5. The van der Waals surface area contributed by atoms with E-state index in [9.17, 15) is 4.79 Å². The molecule has 182 valence electrons. The monoisotopic (exact) mass is 489 g/mol. The molecule has 6 rings (SSSR count). The van der Waals surface area contributed by atoms with Crippen molar-refractivity contribution in [2.75, 3.05) is 11.9 Å². The molecule has 35 heavy (non-hydrogen) atoms. The van der Waals surface area contributed by atoms with E-state index >= 15 is 0 Å². The molecule has 0 amide bonds. The molecule has 1 saturated carbocycles. The lowest BCUT2D eigenvalue weighted by Gasteiger charge is -2.34. The van der Waals surface area contributed by atoms with E-state index in [2.05, 4.69) is 73.8 Å². The van der Waals surface area contributed by atoms with Crippen LogP contribution in [0.15, 0.2) is 34.6 Å². The standard InChI is InChI=1S/C26H31N7OS/c1-25(2,3)20-14-35-24(30-20)33-21-18(22(34)32(33)17-7-8-17)13-27-23(31-21)29-16-6-9-19-15(12-16)10-11-28-26(19,4)5/h6,9,12-14,17,28H,7-8,10-11H2,1-5H3,(H,27,29,31). The van der Waals surface area contributed by atoms with Crippen molar-refractivity contribution in [3.05, 3.63) is 57.0 Å². The third kappa shape index (κ3) is 3.87. The smallest absolute Gasteiger partial charge is 0.278 e. The quantitative estimate of drug-likeness (QED) is 0.428. The molecule has 4 aromatic rings. The lowest BCUT2D eigenvalue weighted by Crippen LogP contribution is -2.42. The molecule has 0 unspecified atom stereocenters. The topological polar surface area (TPSA) is 89.7 Å². The van der Waals surface area contributed by atoms with Gasteiger partial charge >= 0.3 is 0 Å². The van der Waals surface area contributed by atoms with Crippen molar-refractivity contribution < 1.29 is 0 Å². The van der Waals surface area contributed by atoms with Gasteiger partial charge in [-0.15, -0.1) is 11.3 Å². The first kappa shape index (κ1) is 22.4. The third-order valence-electron chi connectivity index (χ3n) is 6.95. The third-order valence-corrected chi connectivity index (χ3v) is 7.77. The highest BCUT2D eigenvalue weighted by Gasteiger charge is 2.32. The number of rotatable bonds is 4. The molecule has 4 heterocycles. The Labute approximate surface area is 208 Å². The second-order valence-corrected chi connectivity index (χ2v) is 12.0. The van der Waals surface area contributed by atoms with Gasteiger partial charge in [0.25, 0.3) is 5.56 Å². The van der Waals surface area contributed by atoms with Gasteiger partial charge in [-0.2, -0.15) is 4.98 Å². The summed E-state index contributed by atoms with van der Waals surface area (Å²) in [6.07, 6.45) is 4.61. The fraction of sp³-hybridized carbons (Fsp3) is 0.462. The zero-order valence-corrected chi connectivity index (χ0v) is 21.7. The molecule has 1 aliphatic heterocycles. The van der Waals surface area contributed by atoms with E-state index < -0.39 is 0 Å². The fourth-order valence-electron chi connectivity index (χ4n) is 4.82. The largest absolute Gasteiger partial charge is 0.324 e. The molecule has 0 bridgehead atoms. The van der Waals surface area contributed by atoms with Crippen molar-refractivity contribution in [1.82, 2.24) is 29.6 Å². The van der Waals surface area contributed by atoms with Gasteiger partial charge in [-0.1, -0.05) is 26.8 Å². The number of thiazole rings is 1. The predicted molar refractivity (Wildman–Crippen MR) is 140 cm³/mol. The first-order chi connectivity index (χ1) is 16.6. The van der Waals surface area contributed by atoms with Crippen molar-refractivity contribution >= 4 is 34.0 Å². The minimum Gasteiger partial charge on any atom is -0.324 e. The van der Waals surface area contributed by atoms with E-state index in [0.29, 0.717) is 17.0 Å². The van der Waals surface area contributed by atoms with Crippen LogP contribution in [0.4, 0.5) is 11.6 Å². The lowest BCUT2D eigenvalue weighted by atomic mass is 9.85. The molecule has 3 aromatic heterocycles. The summed E-state index contributed by atoms with van der Waals surface area (Å²) in [5.41, 5.74) is 5.04. The molecule has 0 saturated heterocycles. The van der Waals surface area contributed by atoms with Crippen molar-refractivity contribution in [1.29, 1.82) is 0 Å². The van der Waals surface area contributed by atoms with Gasteiger partial charge in [0.15, 0.2) is 5.65 Å². The van der Waals surface area contributed by atoms with E-state index in [-0.39, 0.29) is 22.6 Å². The Morgan fingerprint density at radius 2 is 2.00 bits per heavy atom. The summed E-state index contributed by atoms with van der Waals surface area (Å²) in [7, 11) is 0. The summed E-state index contributed by atoms with van der Waals surface area (Å²) >= 11 is 1.55. The van der Waals surface area contributed by atoms with E-state index in [1.165, 1.54) is 11.1 Å². The predicted octanol–water partition coefficient (Wildman–Crippen LogP) is 4.80. The van der Waals surface area contributed by atoms with Crippen LogP contribution in [0.1, 0.15) is 70.3 Å². The van der Waals surface area contributed by atoms with Crippen LogP contribution in [0.2, 0.25) is 0 Å². The number of nitrogens with one attached hydrogen (secondary N) is 2. The minimum atomic E-state index is -0.0688. The van der Waals surface area contributed by atoms with Crippen LogP contribution < -0.4 is 16.2 Å². The van der Waals surface area contributed by atoms with Crippen molar-refractivity contribution in [3.63, 3.8) is 0 Å². The zero-order valence-electron chi connectivity index (χ0n) is 20.8. The molecule has 9 heteroatoms. The van der Waals surface area contributed by atoms with Crippen molar-refractivity contribution in [2.24, 2.45) is 0 Å². The summed E-state index contributed by atoms with van der Waals surface area (Å²) in [4.78, 5) is 27.5. The zero-order chi connectivity index (χ0) is 24.5. The Kier molecular flexibility index (Phi) is 4.95. The maximum absolute atomic E-state index is 13.3. The van der Waals surface area contributed by atoms with Crippen LogP contribution >= 0.6 is 11.3 Å². The van der Waals surface area contributed by atoms with E-state index in [4.69, 9.17) is 9.97 Å². The number of benzene rings is 1. The maximum atomic E-state index is 13.3. The summed E-state index contributed by atoms with van der Waals surface area (Å²) in [6, 6.07) is 6.61. The fourth-order valence-corrected chi connectivity index (χ4v) is 5.87. The summed E-state index contributed by atoms with van der Waals surface area (Å²) in [6.45, 7) is 11.8.